The third-order valence-electron chi connectivity index (χ3n) is 8.67. The molecule has 10 rings (SSSR count). The molecule has 0 saturated carbocycles. The number of thiophene rings is 1. The van der Waals surface area contributed by atoms with Gasteiger partial charge in [0.15, 0.2) is 0 Å². The number of ether oxygens (including phenoxy) is 1. The predicted molar refractivity (Wildman–Crippen MR) is 182 cm³/mol. The van der Waals surface area contributed by atoms with Crippen LogP contribution in [0.2, 0.25) is 0 Å². The maximum Gasteiger partial charge on any atom is 0.145 e. The fourth-order valence-corrected chi connectivity index (χ4v) is 8.07. The lowest BCUT2D eigenvalue weighted by molar-refractivity contribution is 0.483. The Morgan fingerprint density at radius 1 is 0.545 bits per heavy atom. The third-order valence-corrected chi connectivity index (χ3v) is 9.88. The summed E-state index contributed by atoms with van der Waals surface area (Å²) >= 11 is 1.85. The average molecular weight is 583 g/mol. The van der Waals surface area contributed by atoms with E-state index in [0.29, 0.717) is 0 Å². The molecule has 0 N–H and O–H groups in total. The first kappa shape index (κ1) is 23.8. The van der Waals surface area contributed by atoms with Crippen molar-refractivity contribution in [1.82, 2.24) is 18.9 Å². The van der Waals surface area contributed by atoms with Crippen LogP contribution < -0.4 is 4.74 Å². The van der Waals surface area contributed by atoms with Crippen LogP contribution in [-0.4, -0.2) is 18.9 Å². The fourth-order valence-electron chi connectivity index (χ4n) is 6.81. The van der Waals surface area contributed by atoms with Crippen LogP contribution in [0.15, 0.2) is 134 Å². The van der Waals surface area contributed by atoms with Crippen LogP contribution in [0.3, 0.4) is 0 Å². The zero-order valence-electron chi connectivity index (χ0n) is 23.3. The average Bonchev–Trinajstić information content (AvgIpc) is 3.79. The fraction of sp³-hybridized carbons (Fsp3) is 0. The van der Waals surface area contributed by atoms with E-state index < -0.39 is 0 Å². The lowest BCUT2D eigenvalue weighted by Gasteiger charge is -2.12. The van der Waals surface area contributed by atoms with Crippen LogP contribution in [0.25, 0.3) is 75.1 Å². The molecule has 0 aliphatic carbocycles. The molecule has 0 saturated heterocycles. The monoisotopic (exact) mass is 582 g/mol. The van der Waals surface area contributed by atoms with E-state index in [1.165, 1.54) is 30.9 Å². The van der Waals surface area contributed by atoms with E-state index in [2.05, 4.69) is 105 Å². The van der Waals surface area contributed by atoms with E-state index >= 15 is 0 Å². The van der Waals surface area contributed by atoms with Crippen LogP contribution in [0.5, 0.6) is 11.5 Å². The highest BCUT2D eigenvalue weighted by atomic mass is 32.1. The second-order valence-electron chi connectivity index (χ2n) is 11.1. The summed E-state index contributed by atoms with van der Waals surface area (Å²) in [6, 6.07) is 40.3. The molecule has 0 bridgehead atoms. The smallest absolute Gasteiger partial charge is 0.145 e. The molecular formula is C38H22N4OS. The van der Waals surface area contributed by atoms with Gasteiger partial charge in [0.1, 0.15) is 22.8 Å². The lowest BCUT2D eigenvalue weighted by atomic mass is 10.1. The normalized spacial score (nSPS) is 12.1. The molecule has 0 atom stereocenters. The van der Waals surface area contributed by atoms with E-state index in [1.54, 1.807) is 0 Å². The van der Waals surface area contributed by atoms with Crippen molar-refractivity contribution in [2.45, 2.75) is 0 Å². The minimum absolute atomic E-state index is 0.760. The maximum absolute atomic E-state index is 6.53. The molecule has 6 heteroatoms. The Hall–Kier alpha value is -5.72. The summed E-state index contributed by atoms with van der Waals surface area (Å²) in [5.74, 6) is 1.53. The van der Waals surface area contributed by atoms with E-state index in [0.717, 1.165) is 55.7 Å². The predicted octanol–water partition coefficient (Wildman–Crippen LogP) is 10.3. The summed E-state index contributed by atoms with van der Waals surface area (Å²) in [5.41, 5.74) is 5.13. The molecule has 10 aromatic rings. The molecule has 5 nitrogen and oxygen atoms in total. The van der Waals surface area contributed by atoms with Gasteiger partial charge in [0, 0.05) is 66.4 Å². The SMILES string of the molecule is c1cc(Oc2ccc3c4ccccc4n4ccnc4c3c2)cc(-n2c3ccc4c5ccccc5sc4c3c3cccnc32)c1. The molecule has 44 heavy (non-hydrogen) atoms. The van der Waals surface area contributed by atoms with Gasteiger partial charge in [-0.1, -0.05) is 48.5 Å². The molecule has 5 aromatic carbocycles. The number of fused-ring (bicyclic) bond motifs is 13. The topological polar surface area (TPSA) is 44.4 Å². The van der Waals surface area contributed by atoms with Crippen molar-refractivity contribution in [2.75, 3.05) is 0 Å². The van der Waals surface area contributed by atoms with Gasteiger partial charge in [-0.15, -0.1) is 11.3 Å². The zero-order chi connectivity index (χ0) is 28.8. The summed E-state index contributed by atoms with van der Waals surface area (Å²) in [6.45, 7) is 0. The molecule has 0 unspecified atom stereocenters. The van der Waals surface area contributed by atoms with Gasteiger partial charge in [0.05, 0.1) is 16.7 Å². The van der Waals surface area contributed by atoms with E-state index in [1.807, 2.05) is 54.2 Å². The summed E-state index contributed by atoms with van der Waals surface area (Å²) < 4.78 is 13.5. The van der Waals surface area contributed by atoms with Gasteiger partial charge in [-0.3, -0.25) is 8.97 Å². The Morgan fingerprint density at radius 3 is 2.34 bits per heavy atom. The Kier molecular flexibility index (Phi) is 4.81. The minimum atomic E-state index is 0.760. The summed E-state index contributed by atoms with van der Waals surface area (Å²) in [5, 5.41) is 8.37. The number of para-hydroxylation sites is 1. The lowest BCUT2D eigenvalue weighted by Crippen LogP contribution is -1.96. The van der Waals surface area contributed by atoms with Gasteiger partial charge in [-0.05, 0) is 66.0 Å². The van der Waals surface area contributed by atoms with Gasteiger partial charge in [0.25, 0.3) is 0 Å². The number of imidazole rings is 1. The number of rotatable bonds is 3. The van der Waals surface area contributed by atoms with Crippen molar-refractivity contribution in [3.8, 4) is 17.2 Å². The van der Waals surface area contributed by atoms with E-state index in [4.69, 9.17) is 9.72 Å². The van der Waals surface area contributed by atoms with Crippen molar-refractivity contribution in [3.05, 3.63) is 134 Å². The van der Waals surface area contributed by atoms with E-state index in [-0.39, 0.29) is 0 Å². The summed E-state index contributed by atoms with van der Waals surface area (Å²) in [6.07, 6.45) is 5.74. The second kappa shape index (κ2) is 8.89. The second-order valence-corrected chi connectivity index (χ2v) is 12.1. The number of hydrogen-bond donors (Lipinski definition) is 0. The highest BCUT2D eigenvalue weighted by molar-refractivity contribution is 7.26. The number of benzene rings is 5. The summed E-state index contributed by atoms with van der Waals surface area (Å²) in [7, 11) is 0. The number of hydrogen-bond acceptors (Lipinski definition) is 4. The quantitative estimate of drug-likeness (QED) is 0.195. The third kappa shape index (κ3) is 3.28. The standard InChI is InChI=1S/C38H22N4OS/c1-3-12-32-27(9-1)26-15-14-25(22-31(26)37-40-19-20-41(32)37)43-24-8-5-7-23(21-24)42-33-17-16-29-28-10-2-4-13-34(28)44-36(29)35(33)30-11-6-18-39-38(30)42/h1-22H. The zero-order valence-corrected chi connectivity index (χ0v) is 24.1. The van der Waals surface area contributed by atoms with Gasteiger partial charge < -0.3 is 4.74 Å². The molecule has 0 fully saturated rings. The van der Waals surface area contributed by atoms with Crippen molar-refractivity contribution < 1.29 is 4.74 Å². The molecule has 5 aromatic heterocycles. The number of aromatic nitrogens is 4. The molecule has 0 amide bonds. The van der Waals surface area contributed by atoms with Gasteiger partial charge in [0.2, 0.25) is 0 Å². The molecule has 206 valence electrons. The maximum atomic E-state index is 6.53. The highest BCUT2D eigenvalue weighted by Gasteiger charge is 2.18. The number of pyridine rings is 2. The molecule has 0 radical (unpaired) electrons. The molecule has 5 heterocycles. The Morgan fingerprint density at radius 2 is 1.36 bits per heavy atom. The highest BCUT2D eigenvalue weighted by Crippen LogP contribution is 2.43. The Bertz CT molecular complexity index is 2770. The molecule has 0 spiro atoms. The van der Waals surface area contributed by atoms with Crippen molar-refractivity contribution in [3.63, 3.8) is 0 Å². The molecule has 0 aliphatic rings. The largest absolute Gasteiger partial charge is 0.457 e. The van der Waals surface area contributed by atoms with Crippen LogP contribution >= 0.6 is 11.3 Å². The van der Waals surface area contributed by atoms with Crippen LogP contribution in [0, 0.1) is 0 Å². The van der Waals surface area contributed by atoms with Crippen LogP contribution in [0.4, 0.5) is 0 Å². The molecular weight excluding hydrogens is 561 g/mol. The van der Waals surface area contributed by atoms with Crippen LogP contribution in [-0.2, 0) is 0 Å². The number of nitrogens with zero attached hydrogens (tertiary/aromatic N) is 4. The first-order chi connectivity index (χ1) is 21.8. The van der Waals surface area contributed by atoms with Gasteiger partial charge in [-0.25, -0.2) is 9.97 Å². The first-order valence-electron chi connectivity index (χ1n) is 14.6. The van der Waals surface area contributed by atoms with Crippen molar-refractivity contribution >= 4 is 80.8 Å². The van der Waals surface area contributed by atoms with Gasteiger partial charge in [-0.2, -0.15) is 0 Å². The Balaban J connectivity index is 1.13. The Labute approximate surface area is 254 Å². The van der Waals surface area contributed by atoms with E-state index in [9.17, 15) is 0 Å². The first-order valence-corrected chi connectivity index (χ1v) is 15.4. The van der Waals surface area contributed by atoms with Crippen molar-refractivity contribution in [2.24, 2.45) is 0 Å². The van der Waals surface area contributed by atoms with Gasteiger partial charge >= 0.3 is 0 Å². The van der Waals surface area contributed by atoms with Crippen LogP contribution in [0.1, 0.15) is 0 Å². The van der Waals surface area contributed by atoms with Crippen molar-refractivity contribution in [1.29, 1.82) is 0 Å². The summed E-state index contributed by atoms with van der Waals surface area (Å²) in [4.78, 5) is 9.55. The molecule has 0 aliphatic heterocycles. The minimum Gasteiger partial charge on any atom is -0.457 e.